The minimum absolute atomic E-state index is 0.0677. The number of anilines is 1. The third-order valence-corrected chi connectivity index (χ3v) is 4.76. The maximum atomic E-state index is 12.6. The van der Waals surface area contributed by atoms with Gasteiger partial charge in [-0.15, -0.1) is 0 Å². The number of carbonyl (C=O) groups excluding carboxylic acids is 1. The molecule has 114 valence electrons. The highest BCUT2D eigenvalue weighted by molar-refractivity contribution is 5.96. The van der Waals surface area contributed by atoms with Gasteiger partial charge in [0.05, 0.1) is 17.7 Å². The zero-order valence-electron chi connectivity index (χ0n) is 12.3. The largest absolute Gasteiger partial charge is 0.506 e. The van der Waals surface area contributed by atoms with Crippen molar-refractivity contribution in [3.8, 4) is 5.75 Å². The number of nitrogens with zero attached hydrogens (tertiary/aromatic N) is 1. The van der Waals surface area contributed by atoms with Gasteiger partial charge in [0.1, 0.15) is 5.75 Å². The maximum absolute atomic E-state index is 12.6. The van der Waals surface area contributed by atoms with E-state index in [1.807, 2.05) is 12.1 Å². The van der Waals surface area contributed by atoms with Gasteiger partial charge in [0.2, 0.25) is 5.91 Å². The van der Waals surface area contributed by atoms with E-state index in [2.05, 4.69) is 0 Å². The summed E-state index contributed by atoms with van der Waals surface area (Å²) in [6.07, 6.45) is 6.50. The Balaban J connectivity index is 1.80. The summed E-state index contributed by atoms with van der Waals surface area (Å²) in [7, 11) is 0. The van der Waals surface area contributed by atoms with Crippen molar-refractivity contribution >= 4 is 11.6 Å². The van der Waals surface area contributed by atoms with E-state index in [1.165, 1.54) is 0 Å². The van der Waals surface area contributed by atoms with Crippen LogP contribution >= 0.6 is 0 Å². The fraction of sp³-hybridized carbons (Fsp3) is 0.588. The third-order valence-electron chi connectivity index (χ3n) is 4.76. The lowest BCUT2D eigenvalue weighted by atomic mass is 9.82. The number of benzene rings is 1. The van der Waals surface area contributed by atoms with Gasteiger partial charge in [-0.05, 0) is 37.3 Å². The molecule has 21 heavy (non-hydrogen) atoms. The molecule has 0 bridgehead atoms. The second-order valence-electron chi connectivity index (χ2n) is 6.40. The predicted molar refractivity (Wildman–Crippen MR) is 81.4 cm³/mol. The van der Waals surface area contributed by atoms with E-state index < -0.39 is 5.60 Å². The molecule has 0 saturated heterocycles. The number of aliphatic hydroxyl groups is 1. The van der Waals surface area contributed by atoms with Crippen LogP contribution < -0.4 is 4.90 Å². The van der Waals surface area contributed by atoms with E-state index in [0.717, 1.165) is 37.7 Å². The molecule has 0 atom stereocenters. The second kappa shape index (κ2) is 5.68. The van der Waals surface area contributed by atoms with Crippen molar-refractivity contribution in [1.82, 2.24) is 0 Å². The zero-order valence-corrected chi connectivity index (χ0v) is 12.3. The molecule has 1 saturated carbocycles. The smallest absolute Gasteiger partial charge is 0.229 e. The van der Waals surface area contributed by atoms with Crippen LogP contribution in [0.1, 0.15) is 50.5 Å². The van der Waals surface area contributed by atoms with Crippen molar-refractivity contribution in [3.05, 3.63) is 23.8 Å². The lowest BCUT2D eigenvalue weighted by Crippen LogP contribution is -2.42. The van der Waals surface area contributed by atoms with E-state index in [0.29, 0.717) is 25.1 Å². The summed E-state index contributed by atoms with van der Waals surface area (Å²) in [5.41, 5.74) is 0.815. The van der Waals surface area contributed by atoms with E-state index in [-0.39, 0.29) is 18.1 Å². The lowest BCUT2D eigenvalue weighted by Gasteiger charge is -2.35. The molecular formula is C17H23NO3. The lowest BCUT2D eigenvalue weighted by molar-refractivity contribution is -0.125. The minimum atomic E-state index is -0.850. The minimum Gasteiger partial charge on any atom is -0.506 e. The summed E-state index contributed by atoms with van der Waals surface area (Å²) in [5, 5.41) is 20.7. The van der Waals surface area contributed by atoms with E-state index in [9.17, 15) is 15.0 Å². The Morgan fingerprint density at radius 3 is 2.71 bits per heavy atom. The van der Waals surface area contributed by atoms with Gasteiger partial charge in [-0.25, -0.2) is 0 Å². The van der Waals surface area contributed by atoms with Crippen LogP contribution in [-0.2, 0) is 11.2 Å². The maximum Gasteiger partial charge on any atom is 0.229 e. The Kier molecular flexibility index (Phi) is 3.89. The van der Waals surface area contributed by atoms with Gasteiger partial charge >= 0.3 is 0 Å². The number of aryl methyl sites for hydroxylation is 1. The van der Waals surface area contributed by atoms with Crippen molar-refractivity contribution in [2.75, 3.05) is 11.4 Å². The molecule has 0 aromatic heterocycles. The van der Waals surface area contributed by atoms with Crippen LogP contribution in [0.15, 0.2) is 18.2 Å². The first-order valence-corrected chi connectivity index (χ1v) is 7.93. The van der Waals surface area contributed by atoms with E-state index in [4.69, 9.17) is 0 Å². The highest BCUT2D eigenvalue weighted by atomic mass is 16.3. The van der Waals surface area contributed by atoms with Crippen molar-refractivity contribution < 1.29 is 15.0 Å². The van der Waals surface area contributed by atoms with Crippen molar-refractivity contribution in [1.29, 1.82) is 0 Å². The Morgan fingerprint density at radius 2 is 1.95 bits per heavy atom. The summed E-state index contributed by atoms with van der Waals surface area (Å²) < 4.78 is 0. The van der Waals surface area contributed by atoms with Crippen LogP contribution in [0, 0.1) is 0 Å². The molecule has 1 fully saturated rings. The number of fused-ring (bicyclic) bond motifs is 1. The van der Waals surface area contributed by atoms with Gasteiger partial charge in [0.25, 0.3) is 0 Å². The molecule has 1 heterocycles. The Labute approximate surface area is 125 Å². The molecule has 0 spiro atoms. The molecule has 3 rings (SSSR count). The van der Waals surface area contributed by atoms with Gasteiger partial charge in [-0.2, -0.15) is 0 Å². The second-order valence-corrected chi connectivity index (χ2v) is 6.40. The number of aromatic hydroxyl groups is 1. The molecule has 0 unspecified atom stereocenters. The first-order chi connectivity index (χ1) is 10.1. The normalized spacial score (nSPS) is 20.9. The molecule has 1 aliphatic carbocycles. The van der Waals surface area contributed by atoms with Gasteiger partial charge in [0.15, 0.2) is 0 Å². The fourth-order valence-electron chi connectivity index (χ4n) is 3.64. The number of rotatable bonds is 2. The monoisotopic (exact) mass is 289 g/mol. The fourth-order valence-corrected chi connectivity index (χ4v) is 3.64. The number of phenolic OH excluding ortho intramolecular Hbond substituents is 1. The number of hydrogen-bond donors (Lipinski definition) is 2. The SMILES string of the molecule is O=C(CC1(O)CCCCC1)N1CCCc2cccc(O)c21. The summed E-state index contributed by atoms with van der Waals surface area (Å²) >= 11 is 0. The standard InChI is InChI=1S/C17H23NO3/c19-14-8-4-6-13-7-5-11-18(16(13)14)15(20)12-17(21)9-2-1-3-10-17/h4,6,8,19,21H,1-3,5,7,9-12H2. The van der Waals surface area contributed by atoms with Crippen LogP contribution in [0.3, 0.4) is 0 Å². The summed E-state index contributed by atoms with van der Waals surface area (Å²) in [4.78, 5) is 14.3. The average molecular weight is 289 g/mol. The first kappa shape index (κ1) is 14.4. The highest BCUT2D eigenvalue weighted by Gasteiger charge is 2.35. The molecule has 2 N–H and O–H groups in total. The van der Waals surface area contributed by atoms with E-state index >= 15 is 0 Å². The molecule has 1 aromatic carbocycles. The summed E-state index contributed by atoms with van der Waals surface area (Å²) in [6.45, 7) is 0.624. The topological polar surface area (TPSA) is 60.8 Å². The number of amides is 1. The summed E-state index contributed by atoms with van der Waals surface area (Å²) in [6, 6.07) is 5.40. The molecule has 1 aliphatic heterocycles. The van der Waals surface area contributed by atoms with E-state index in [1.54, 1.807) is 11.0 Å². The Hall–Kier alpha value is -1.55. The molecular weight excluding hydrogens is 266 g/mol. The molecule has 4 heteroatoms. The number of carbonyl (C=O) groups is 1. The average Bonchev–Trinajstić information content (AvgIpc) is 2.47. The van der Waals surface area contributed by atoms with Crippen molar-refractivity contribution in [3.63, 3.8) is 0 Å². The van der Waals surface area contributed by atoms with Gasteiger partial charge in [-0.3, -0.25) is 4.79 Å². The molecule has 0 radical (unpaired) electrons. The number of hydrogen-bond acceptors (Lipinski definition) is 3. The number of phenols is 1. The van der Waals surface area contributed by atoms with Gasteiger partial charge in [-0.1, -0.05) is 31.4 Å². The first-order valence-electron chi connectivity index (χ1n) is 7.93. The van der Waals surface area contributed by atoms with Crippen LogP contribution in [0.25, 0.3) is 0 Å². The Morgan fingerprint density at radius 1 is 1.19 bits per heavy atom. The predicted octanol–water partition coefficient (Wildman–Crippen LogP) is 2.76. The number of para-hydroxylation sites is 1. The zero-order chi connectivity index (χ0) is 14.9. The van der Waals surface area contributed by atoms with Crippen molar-refractivity contribution in [2.45, 2.75) is 57.0 Å². The van der Waals surface area contributed by atoms with Crippen LogP contribution in [-0.4, -0.2) is 28.3 Å². The van der Waals surface area contributed by atoms with Crippen LogP contribution in [0.5, 0.6) is 5.75 Å². The highest BCUT2D eigenvalue weighted by Crippen LogP contribution is 2.37. The van der Waals surface area contributed by atoms with Crippen LogP contribution in [0.2, 0.25) is 0 Å². The summed E-state index contributed by atoms with van der Waals surface area (Å²) in [5.74, 6) is 0.0954. The molecule has 4 nitrogen and oxygen atoms in total. The molecule has 1 amide bonds. The van der Waals surface area contributed by atoms with Crippen molar-refractivity contribution in [2.24, 2.45) is 0 Å². The molecule has 2 aliphatic rings. The Bertz CT molecular complexity index is 535. The van der Waals surface area contributed by atoms with Crippen LogP contribution in [0.4, 0.5) is 5.69 Å². The van der Waals surface area contributed by atoms with Gasteiger partial charge < -0.3 is 15.1 Å². The third kappa shape index (κ3) is 2.91. The van der Waals surface area contributed by atoms with Gasteiger partial charge in [0, 0.05) is 6.54 Å². The quantitative estimate of drug-likeness (QED) is 0.880. The molecule has 1 aromatic rings.